The summed E-state index contributed by atoms with van der Waals surface area (Å²) < 4.78 is 12.8. The lowest BCUT2D eigenvalue weighted by atomic mass is 9.84. The Balaban J connectivity index is 1.42. The minimum Gasteiger partial charge on any atom is -0.383 e. The van der Waals surface area contributed by atoms with Crippen LogP contribution in [0.2, 0.25) is 0 Å². The molecule has 0 bridgehead atoms. The summed E-state index contributed by atoms with van der Waals surface area (Å²) in [5.74, 6) is 1.02. The van der Waals surface area contributed by atoms with Gasteiger partial charge in [-0.15, -0.1) is 5.10 Å². The average molecular weight is 521 g/mol. The van der Waals surface area contributed by atoms with Gasteiger partial charge in [0, 0.05) is 62.9 Å². The monoisotopic (exact) mass is 520 g/mol. The normalized spacial score (nSPS) is 21.3. The Morgan fingerprint density at radius 1 is 1.16 bits per heavy atom. The molecule has 9 nitrogen and oxygen atoms in total. The molecule has 5 rings (SSSR count). The number of hydrogen-bond acceptors (Lipinski definition) is 7. The van der Waals surface area contributed by atoms with Gasteiger partial charge in [0.25, 0.3) is 0 Å². The van der Waals surface area contributed by atoms with Crippen molar-refractivity contribution in [1.82, 2.24) is 24.8 Å². The smallest absolute Gasteiger partial charge is 0.241 e. The highest BCUT2D eigenvalue weighted by Crippen LogP contribution is 2.37. The first-order valence-electron chi connectivity index (χ1n) is 13.8. The third-order valence-electron chi connectivity index (χ3n) is 7.66. The van der Waals surface area contributed by atoms with Crippen LogP contribution in [0.25, 0.3) is 16.6 Å². The molecule has 1 saturated carbocycles. The maximum Gasteiger partial charge on any atom is 0.241 e. The van der Waals surface area contributed by atoms with E-state index in [0.717, 1.165) is 69.6 Å². The van der Waals surface area contributed by atoms with Crippen LogP contribution >= 0.6 is 0 Å². The van der Waals surface area contributed by atoms with Gasteiger partial charge in [-0.05, 0) is 49.8 Å². The van der Waals surface area contributed by atoms with E-state index in [9.17, 15) is 4.79 Å². The third-order valence-corrected chi connectivity index (χ3v) is 7.66. The Kier molecular flexibility index (Phi) is 8.56. The van der Waals surface area contributed by atoms with Gasteiger partial charge < -0.3 is 20.1 Å². The molecule has 0 spiro atoms. The van der Waals surface area contributed by atoms with Gasteiger partial charge in [0.2, 0.25) is 11.9 Å². The highest BCUT2D eigenvalue weighted by atomic mass is 16.5. The maximum absolute atomic E-state index is 11.5. The van der Waals surface area contributed by atoms with E-state index in [2.05, 4.69) is 62.3 Å². The van der Waals surface area contributed by atoms with E-state index < -0.39 is 0 Å². The van der Waals surface area contributed by atoms with Crippen LogP contribution in [0.3, 0.4) is 0 Å². The van der Waals surface area contributed by atoms with Crippen molar-refractivity contribution in [3.05, 3.63) is 47.8 Å². The first kappa shape index (κ1) is 26.6. The Bertz CT molecular complexity index is 1210. The van der Waals surface area contributed by atoms with Crippen LogP contribution < -0.4 is 10.6 Å². The standard InChI is InChI=1S/C29H40N6O3/c1-20(19-37-3)31-29-30-17-28-26(23-6-4-22(5-7-23)18-34-12-14-38-15-13-34)16-27(35(28)33-29)24-8-10-25(11-9-24)32-21(2)36/h4-7,16-17,20,24-25H,8-15,18-19H2,1-3H3,(H,31,33)(H,32,36). The van der Waals surface area contributed by atoms with Gasteiger partial charge in [0.05, 0.1) is 31.5 Å². The summed E-state index contributed by atoms with van der Waals surface area (Å²) in [7, 11) is 1.70. The first-order chi connectivity index (χ1) is 18.5. The van der Waals surface area contributed by atoms with E-state index >= 15 is 0 Å². The second-order valence-corrected chi connectivity index (χ2v) is 10.7. The van der Waals surface area contributed by atoms with Crippen molar-refractivity contribution in [2.45, 2.75) is 64.1 Å². The quantitative estimate of drug-likeness (QED) is 0.443. The molecule has 1 aliphatic carbocycles. The fraction of sp³-hybridized carbons (Fsp3) is 0.552. The van der Waals surface area contributed by atoms with Crippen molar-refractivity contribution < 1.29 is 14.3 Å². The molecule has 1 aromatic carbocycles. The van der Waals surface area contributed by atoms with Crippen LogP contribution in [0.4, 0.5) is 5.95 Å². The van der Waals surface area contributed by atoms with Gasteiger partial charge in [-0.1, -0.05) is 24.3 Å². The average Bonchev–Trinajstić information content (AvgIpc) is 3.29. The second-order valence-electron chi connectivity index (χ2n) is 10.7. The molecule has 1 amide bonds. The zero-order chi connectivity index (χ0) is 26.5. The first-order valence-corrected chi connectivity index (χ1v) is 13.8. The van der Waals surface area contributed by atoms with E-state index in [0.29, 0.717) is 18.5 Å². The lowest BCUT2D eigenvalue weighted by molar-refractivity contribution is -0.119. The number of nitrogens with one attached hydrogen (secondary N) is 2. The summed E-state index contributed by atoms with van der Waals surface area (Å²) in [5.41, 5.74) is 5.85. The van der Waals surface area contributed by atoms with Crippen molar-refractivity contribution >= 4 is 17.4 Å². The van der Waals surface area contributed by atoms with Gasteiger partial charge in [-0.2, -0.15) is 0 Å². The van der Waals surface area contributed by atoms with Crippen LogP contribution in [-0.2, 0) is 20.8 Å². The van der Waals surface area contributed by atoms with Gasteiger partial charge >= 0.3 is 0 Å². The number of fused-ring (bicyclic) bond motifs is 1. The maximum atomic E-state index is 11.5. The summed E-state index contributed by atoms with van der Waals surface area (Å²) in [5, 5.41) is 11.4. The highest BCUT2D eigenvalue weighted by Gasteiger charge is 2.27. The number of anilines is 1. The fourth-order valence-electron chi connectivity index (χ4n) is 5.74. The Hall–Kier alpha value is -3.01. The number of morpholine rings is 1. The number of carbonyl (C=O) groups excluding carboxylic acids is 1. The molecule has 2 aromatic heterocycles. The van der Waals surface area contributed by atoms with Gasteiger partial charge in [-0.25, -0.2) is 9.50 Å². The molecule has 2 fully saturated rings. The van der Waals surface area contributed by atoms with Gasteiger partial charge in [0.15, 0.2) is 0 Å². The fourth-order valence-corrected chi connectivity index (χ4v) is 5.74. The van der Waals surface area contributed by atoms with Crippen molar-refractivity contribution in [3.63, 3.8) is 0 Å². The number of carbonyl (C=O) groups is 1. The van der Waals surface area contributed by atoms with Crippen molar-refractivity contribution in [1.29, 1.82) is 0 Å². The molecule has 0 radical (unpaired) electrons. The Morgan fingerprint density at radius 2 is 1.89 bits per heavy atom. The van der Waals surface area contributed by atoms with E-state index in [-0.39, 0.29) is 18.0 Å². The number of aromatic nitrogens is 3. The molecule has 2 aliphatic rings. The van der Waals surface area contributed by atoms with Crippen molar-refractivity contribution in [2.75, 3.05) is 45.3 Å². The lowest BCUT2D eigenvalue weighted by Crippen LogP contribution is -2.36. The molecule has 204 valence electrons. The number of hydrogen-bond donors (Lipinski definition) is 2. The number of rotatable bonds is 9. The van der Waals surface area contributed by atoms with Crippen LogP contribution in [0.15, 0.2) is 36.5 Å². The number of ether oxygens (including phenoxy) is 2. The molecule has 1 atom stereocenters. The number of amides is 1. The molecular formula is C29H40N6O3. The van der Waals surface area contributed by atoms with E-state index in [4.69, 9.17) is 14.6 Å². The lowest BCUT2D eigenvalue weighted by Gasteiger charge is -2.28. The largest absolute Gasteiger partial charge is 0.383 e. The van der Waals surface area contributed by atoms with Crippen LogP contribution in [0, 0.1) is 0 Å². The Labute approximate surface area is 224 Å². The number of methoxy groups -OCH3 is 1. The Morgan fingerprint density at radius 3 is 2.58 bits per heavy atom. The molecule has 9 heteroatoms. The minimum atomic E-state index is 0.0505. The van der Waals surface area contributed by atoms with E-state index in [1.165, 1.54) is 16.8 Å². The van der Waals surface area contributed by atoms with E-state index in [1.807, 2.05) is 6.20 Å². The second kappa shape index (κ2) is 12.2. The molecule has 3 heterocycles. The molecule has 2 N–H and O–H groups in total. The van der Waals surface area contributed by atoms with Crippen molar-refractivity contribution in [3.8, 4) is 11.1 Å². The predicted molar refractivity (Wildman–Crippen MR) is 148 cm³/mol. The summed E-state index contributed by atoms with van der Waals surface area (Å²) >= 11 is 0. The highest BCUT2D eigenvalue weighted by molar-refractivity contribution is 5.81. The zero-order valence-corrected chi connectivity index (χ0v) is 22.8. The summed E-state index contributed by atoms with van der Waals surface area (Å²) in [6.45, 7) is 8.76. The summed E-state index contributed by atoms with van der Waals surface area (Å²) in [4.78, 5) is 18.6. The zero-order valence-electron chi connectivity index (χ0n) is 22.8. The van der Waals surface area contributed by atoms with Gasteiger partial charge in [0.1, 0.15) is 0 Å². The van der Waals surface area contributed by atoms with Crippen molar-refractivity contribution in [2.24, 2.45) is 0 Å². The molecule has 3 aromatic rings. The number of benzene rings is 1. The predicted octanol–water partition coefficient (Wildman–Crippen LogP) is 3.84. The molecule has 1 saturated heterocycles. The molecule has 1 unspecified atom stereocenters. The van der Waals surface area contributed by atoms with Crippen LogP contribution in [0.1, 0.15) is 56.7 Å². The topological polar surface area (TPSA) is 93.0 Å². The molecular weight excluding hydrogens is 480 g/mol. The molecule has 1 aliphatic heterocycles. The minimum absolute atomic E-state index is 0.0505. The van der Waals surface area contributed by atoms with E-state index in [1.54, 1.807) is 14.0 Å². The molecule has 38 heavy (non-hydrogen) atoms. The van der Waals surface area contributed by atoms with Crippen LogP contribution in [-0.4, -0.2) is 77.5 Å². The SMILES string of the molecule is COCC(C)Nc1ncc2c(-c3ccc(CN4CCOCC4)cc3)cc(C3CCC(NC(C)=O)CC3)n2n1. The third kappa shape index (κ3) is 6.34. The number of nitrogens with zero attached hydrogens (tertiary/aromatic N) is 4. The van der Waals surface area contributed by atoms with Gasteiger partial charge in [-0.3, -0.25) is 9.69 Å². The summed E-state index contributed by atoms with van der Waals surface area (Å²) in [6.07, 6.45) is 5.91. The summed E-state index contributed by atoms with van der Waals surface area (Å²) in [6, 6.07) is 11.6. The van der Waals surface area contributed by atoms with Crippen LogP contribution in [0.5, 0.6) is 0 Å².